The zero-order chi connectivity index (χ0) is 51.1. The highest BCUT2D eigenvalue weighted by molar-refractivity contribution is 5.71. The minimum atomic E-state index is -0.764. The van der Waals surface area contributed by atoms with Gasteiger partial charge in [0.05, 0.1) is 0 Å². The SMILES string of the molecule is CCCCCCCCCCCCCCCCCCCCC(=O)OC[C@@H](COC(=O)CCCCCCCCCCCCCCCCC(C)CC)OC(=O)CCCCCCCCCCCCCCCC(C)C. The van der Waals surface area contributed by atoms with E-state index in [1.165, 1.54) is 250 Å². The maximum absolute atomic E-state index is 12.9. The van der Waals surface area contributed by atoms with Crippen molar-refractivity contribution < 1.29 is 28.6 Å². The molecule has 0 aromatic carbocycles. The van der Waals surface area contributed by atoms with E-state index in [0.29, 0.717) is 19.3 Å². The molecule has 0 aromatic rings. The minimum Gasteiger partial charge on any atom is -0.462 e. The number of unbranched alkanes of at least 4 members (excludes halogenated alkanes) is 42. The van der Waals surface area contributed by atoms with Gasteiger partial charge >= 0.3 is 17.9 Å². The normalized spacial score (nSPS) is 12.4. The van der Waals surface area contributed by atoms with Crippen LogP contribution in [0.1, 0.15) is 362 Å². The largest absolute Gasteiger partial charge is 0.462 e. The van der Waals surface area contributed by atoms with E-state index >= 15 is 0 Å². The smallest absolute Gasteiger partial charge is 0.306 e. The second-order valence-electron chi connectivity index (χ2n) is 22.8. The van der Waals surface area contributed by atoms with Crippen LogP contribution in [-0.2, 0) is 28.6 Å². The Morgan fingerprint density at radius 2 is 0.543 bits per heavy atom. The second-order valence-corrected chi connectivity index (χ2v) is 22.8. The molecule has 0 aliphatic heterocycles. The van der Waals surface area contributed by atoms with Crippen LogP contribution < -0.4 is 0 Å². The Kier molecular flexibility index (Phi) is 55.4. The summed E-state index contributed by atoms with van der Waals surface area (Å²) in [5.74, 6) is 0.902. The molecular weight excluding hydrogens is 865 g/mol. The average molecular weight is 990 g/mol. The van der Waals surface area contributed by atoms with E-state index < -0.39 is 6.10 Å². The van der Waals surface area contributed by atoms with E-state index in [-0.39, 0.29) is 31.1 Å². The summed E-state index contributed by atoms with van der Waals surface area (Å²) in [5.41, 5.74) is 0. The van der Waals surface area contributed by atoms with Gasteiger partial charge in [-0.05, 0) is 31.1 Å². The van der Waals surface area contributed by atoms with Crippen LogP contribution in [0.15, 0.2) is 0 Å². The summed E-state index contributed by atoms with van der Waals surface area (Å²) in [6.07, 6.45) is 62.4. The Labute approximate surface area is 438 Å². The molecular formula is C64H124O6. The summed E-state index contributed by atoms with van der Waals surface area (Å²) < 4.78 is 17.0. The van der Waals surface area contributed by atoms with Gasteiger partial charge in [-0.2, -0.15) is 0 Å². The molecule has 6 nitrogen and oxygen atoms in total. The highest BCUT2D eigenvalue weighted by atomic mass is 16.6. The first-order valence-corrected chi connectivity index (χ1v) is 31.8. The Morgan fingerprint density at radius 1 is 0.300 bits per heavy atom. The molecule has 0 heterocycles. The maximum atomic E-state index is 12.9. The van der Waals surface area contributed by atoms with Crippen molar-refractivity contribution in [3.8, 4) is 0 Å². The molecule has 0 aliphatic carbocycles. The molecule has 0 amide bonds. The third-order valence-corrected chi connectivity index (χ3v) is 15.1. The van der Waals surface area contributed by atoms with Gasteiger partial charge in [0.15, 0.2) is 6.10 Å². The first-order valence-electron chi connectivity index (χ1n) is 31.8. The summed E-state index contributed by atoms with van der Waals surface area (Å²) >= 11 is 0. The fourth-order valence-electron chi connectivity index (χ4n) is 9.90. The second kappa shape index (κ2) is 56.7. The van der Waals surface area contributed by atoms with E-state index in [0.717, 1.165) is 69.6 Å². The lowest BCUT2D eigenvalue weighted by Gasteiger charge is -2.18. The zero-order valence-corrected chi connectivity index (χ0v) is 48.2. The topological polar surface area (TPSA) is 78.9 Å². The molecule has 0 spiro atoms. The molecule has 0 radical (unpaired) electrons. The van der Waals surface area contributed by atoms with E-state index in [4.69, 9.17) is 14.2 Å². The van der Waals surface area contributed by atoms with Crippen molar-refractivity contribution in [3.05, 3.63) is 0 Å². The quantitative estimate of drug-likeness (QED) is 0.0343. The lowest BCUT2D eigenvalue weighted by atomic mass is 9.99. The molecule has 70 heavy (non-hydrogen) atoms. The van der Waals surface area contributed by atoms with Crippen molar-refractivity contribution in [2.45, 2.75) is 368 Å². The monoisotopic (exact) mass is 989 g/mol. The number of hydrogen-bond acceptors (Lipinski definition) is 6. The van der Waals surface area contributed by atoms with Crippen LogP contribution in [0.2, 0.25) is 0 Å². The van der Waals surface area contributed by atoms with Crippen LogP contribution in [-0.4, -0.2) is 37.2 Å². The minimum absolute atomic E-state index is 0.0620. The molecule has 2 atom stereocenters. The van der Waals surface area contributed by atoms with E-state index in [2.05, 4.69) is 34.6 Å². The van der Waals surface area contributed by atoms with Gasteiger partial charge in [-0.3, -0.25) is 14.4 Å². The summed E-state index contributed by atoms with van der Waals surface area (Å²) in [7, 11) is 0. The zero-order valence-electron chi connectivity index (χ0n) is 48.2. The standard InChI is InChI=1S/C64H124O6/c1-6-8-9-10-11-12-13-14-15-16-17-18-24-29-34-39-44-49-54-62(65)68-57-61(70-64(67)56-51-46-41-36-31-26-21-22-27-32-37-42-47-52-59(3)4)58-69-63(66)55-50-45-40-35-30-25-20-19-23-28-33-38-43-48-53-60(5)7-2/h59-61H,6-58H2,1-5H3/t60?,61-/m0/s1. The number of ether oxygens (including phenoxy) is 3. The van der Waals surface area contributed by atoms with Crippen molar-refractivity contribution >= 4 is 17.9 Å². The van der Waals surface area contributed by atoms with Crippen molar-refractivity contribution in [2.75, 3.05) is 13.2 Å². The third-order valence-electron chi connectivity index (χ3n) is 15.1. The fraction of sp³-hybridized carbons (Fsp3) is 0.953. The Balaban J connectivity index is 4.29. The van der Waals surface area contributed by atoms with Gasteiger partial charge in [-0.25, -0.2) is 0 Å². The van der Waals surface area contributed by atoms with Gasteiger partial charge in [0.2, 0.25) is 0 Å². The molecule has 0 N–H and O–H groups in total. The predicted octanol–water partition coefficient (Wildman–Crippen LogP) is 21.2. The molecule has 0 saturated heterocycles. The summed E-state index contributed by atoms with van der Waals surface area (Å²) in [4.78, 5) is 38.3. The van der Waals surface area contributed by atoms with Crippen LogP contribution in [0.3, 0.4) is 0 Å². The summed E-state index contributed by atoms with van der Waals surface area (Å²) in [6.45, 7) is 11.5. The van der Waals surface area contributed by atoms with Gasteiger partial charge in [-0.1, -0.05) is 324 Å². The fourth-order valence-corrected chi connectivity index (χ4v) is 9.90. The Morgan fingerprint density at radius 3 is 0.814 bits per heavy atom. The summed E-state index contributed by atoms with van der Waals surface area (Å²) in [5, 5.41) is 0. The first-order chi connectivity index (χ1) is 34.3. The molecule has 0 aromatic heterocycles. The first kappa shape index (κ1) is 68.4. The molecule has 0 saturated carbocycles. The van der Waals surface area contributed by atoms with Crippen LogP contribution >= 0.6 is 0 Å². The van der Waals surface area contributed by atoms with E-state index in [9.17, 15) is 14.4 Å². The number of carbonyl (C=O) groups is 3. The van der Waals surface area contributed by atoms with Crippen LogP contribution in [0.5, 0.6) is 0 Å². The molecule has 6 heteroatoms. The average Bonchev–Trinajstić information content (AvgIpc) is 3.35. The van der Waals surface area contributed by atoms with E-state index in [1.54, 1.807) is 0 Å². The maximum Gasteiger partial charge on any atom is 0.306 e. The van der Waals surface area contributed by atoms with Gasteiger partial charge in [0.25, 0.3) is 0 Å². The number of rotatable bonds is 58. The highest BCUT2D eigenvalue weighted by Crippen LogP contribution is 2.19. The molecule has 0 rings (SSSR count). The molecule has 416 valence electrons. The lowest BCUT2D eigenvalue weighted by molar-refractivity contribution is -0.167. The van der Waals surface area contributed by atoms with Crippen molar-refractivity contribution in [1.29, 1.82) is 0 Å². The molecule has 1 unspecified atom stereocenters. The lowest BCUT2D eigenvalue weighted by Crippen LogP contribution is -2.30. The molecule has 0 aliphatic rings. The highest BCUT2D eigenvalue weighted by Gasteiger charge is 2.19. The predicted molar refractivity (Wildman–Crippen MR) is 303 cm³/mol. The molecule has 0 fully saturated rings. The van der Waals surface area contributed by atoms with Crippen molar-refractivity contribution in [3.63, 3.8) is 0 Å². The Hall–Kier alpha value is -1.59. The van der Waals surface area contributed by atoms with Crippen LogP contribution in [0, 0.1) is 11.8 Å². The van der Waals surface area contributed by atoms with E-state index in [1.807, 2.05) is 0 Å². The van der Waals surface area contributed by atoms with Crippen molar-refractivity contribution in [1.82, 2.24) is 0 Å². The van der Waals surface area contributed by atoms with Gasteiger partial charge in [0, 0.05) is 19.3 Å². The molecule has 0 bridgehead atoms. The number of hydrogen-bond donors (Lipinski definition) is 0. The van der Waals surface area contributed by atoms with Crippen LogP contribution in [0.4, 0.5) is 0 Å². The Bertz CT molecular complexity index is 1070. The number of carbonyl (C=O) groups excluding carboxylic acids is 3. The van der Waals surface area contributed by atoms with Crippen LogP contribution in [0.25, 0.3) is 0 Å². The van der Waals surface area contributed by atoms with Gasteiger partial charge < -0.3 is 14.2 Å². The third kappa shape index (κ3) is 55.7. The van der Waals surface area contributed by atoms with Crippen molar-refractivity contribution in [2.24, 2.45) is 11.8 Å². The number of esters is 3. The van der Waals surface area contributed by atoms with Gasteiger partial charge in [0.1, 0.15) is 13.2 Å². The summed E-state index contributed by atoms with van der Waals surface area (Å²) in [6, 6.07) is 0. The van der Waals surface area contributed by atoms with Gasteiger partial charge in [-0.15, -0.1) is 0 Å².